The van der Waals surface area contributed by atoms with E-state index in [-0.39, 0.29) is 0 Å². The fourth-order valence-corrected chi connectivity index (χ4v) is 0.984. The van der Waals surface area contributed by atoms with Gasteiger partial charge in [-0.15, -0.1) is 0 Å². The summed E-state index contributed by atoms with van der Waals surface area (Å²) >= 11 is 10.1. The first-order valence-electron chi connectivity index (χ1n) is 3.02. The first-order chi connectivity index (χ1) is 5.11. The molecule has 4 heteroatoms. The lowest BCUT2D eigenvalue weighted by molar-refractivity contribution is -0.262. The van der Waals surface area contributed by atoms with Crippen molar-refractivity contribution in [3.63, 3.8) is 0 Å². The molecule has 0 bridgehead atoms. The number of aryl methyl sites for hydroxylation is 1. The fraction of sp³-hybridized carbons (Fsp3) is 0.143. The minimum Gasteiger partial charge on any atom is -0.364 e. The third-order valence-electron chi connectivity index (χ3n) is 1.37. The summed E-state index contributed by atoms with van der Waals surface area (Å²) in [7, 11) is 0. The van der Waals surface area contributed by atoms with Gasteiger partial charge in [-0.25, -0.2) is 0 Å². The van der Waals surface area contributed by atoms with E-state index in [0.29, 0.717) is 14.9 Å². The Labute approximate surface area is 75.3 Å². The second-order valence-electron chi connectivity index (χ2n) is 2.19. The lowest BCUT2D eigenvalue weighted by Gasteiger charge is -1.97. The van der Waals surface area contributed by atoms with Gasteiger partial charge in [0.15, 0.2) is 0 Å². The largest absolute Gasteiger partial charge is 0.364 e. The van der Waals surface area contributed by atoms with Crippen molar-refractivity contribution in [2.45, 2.75) is 6.92 Å². The number of hydrogen-bond donors (Lipinski definition) is 0. The highest BCUT2D eigenvalue weighted by molar-refractivity contribution is 7.51. The Morgan fingerprint density at radius 1 is 1.55 bits per heavy atom. The fourth-order valence-electron chi connectivity index (χ4n) is 0.695. The van der Waals surface area contributed by atoms with Crippen molar-refractivity contribution in [2.75, 3.05) is 0 Å². The molecular weight excluding hydrogens is 182 g/mol. The monoisotopic (exact) mass is 187 g/mol. The van der Waals surface area contributed by atoms with Gasteiger partial charge >= 0.3 is 0 Å². The smallest absolute Gasteiger partial charge is 0.239 e. The summed E-state index contributed by atoms with van der Waals surface area (Å²) in [5.41, 5.74) is 1.34. The van der Waals surface area contributed by atoms with Crippen molar-refractivity contribution in [2.24, 2.45) is 0 Å². The molecule has 58 valence electrons. The molecule has 0 aliphatic rings. The van der Waals surface area contributed by atoms with Crippen LogP contribution in [0.15, 0.2) is 18.2 Å². The Kier molecular flexibility index (Phi) is 2.42. The molecule has 2 nitrogen and oxygen atoms in total. The maximum absolute atomic E-state index is 10.6. The molecule has 0 amide bonds. The van der Waals surface area contributed by atoms with E-state index in [0.717, 1.165) is 5.56 Å². The topological polar surface area (TPSA) is 20.1 Å². The number of halogens is 1. The Hall–Kier alpha value is -0.670. The summed E-state index contributed by atoms with van der Waals surface area (Å²) < 4.78 is 0.366. The highest BCUT2D eigenvalue weighted by Gasteiger charge is 2.03. The van der Waals surface area contributed by atoms with E-state index < -0.39 is 0 Å². The van der Waals surface area contributed by atoms with Gasteiger partial charge in [0.1, 0.15) is 0 Å². The van der Waals surface area contributed by atoms with Crippen LogP contribution >= 0.6 is 11.6 Å². The van der Waals surface area contributed by atoms with Crippen molar-refractivity contribution in [3.05, 3.63) is 33.7 Å². The van der Waals surface area contributed by atoms with Gasteiger partial charge in [0.05, 0.1) is 5.02 Å². The van der Waals surface area contributed by atoms with Crippen LogP contribution in [0, 0.1) is 11.8 Å². The van der Waals surface area contributed by atoms with Crippen molar-refractivity contribution in [1.82, 2.24) is 0 Å². The predicted octanol–water partition coefficient (Wildman–Crippen LogP) is 2.52. The molecule has 0 saturated carbocycles. The second kappa shape index (κ2) is 3.15. The summed E-state index contributed by atoms with van der Waals surface area (Å²) in [6.07, 6.45) is 0. The molecule has 1 aromatic carbocycles. The summed E-state index contributed by atoms with van der Waals surface area (Å²) in [5, 5.41) is 0.563. The SMILES string of the molecule is Cc1ccc([N+](=O)[S-])cc1Cl. The van der Waals surface area contributed by atoms with Crippen molar-refractivity contribution in [1.29, 1.82) is 0 Å². The van der Waals surface area contributed by atoms with E-state index in [9.17, 15) is 4.91 Å². The molecule has 1 aromatic rings. The van der Waals surface area contributed by atoms with Crippen LogP contribution in [0.5, 0.6) is 0 Å². The van der Waals surface area contributed by atoms with Gasteiger partial charge in [-0.3, -0.25) is 0 Å². The third-order valence-corrected chi connectivity index (χ3v) is 1.98. The highest BCUT2D eigenvalue weighted by Crippen LogP contribution is 2.20. The Morgan fingerprint density at radius 3 is 2.64 bits per heavy atom. The molecule has 0 aliphatic carbocycles. The summed E-state index contributed by atoms with van der Waals surface area (Å²) in [4.78, 5) is 10.6. The van der Waals surface area contributed by atoms with Crippen LogP contribution in [0.25, 0.3) is 0 Å². The molecule has 1 rings (SSSR count). The van der Waals surface area contributed by atoms with Gasteiger partial charge in [0.25, 0.3) is 0 Å². The molecular formula is C7H6ClNOS. The van der Waals surface area contributed by atoms with Gasteiger partial charge in [-0.2, -0.15) is 0 Å². The molecule has 0 radical (unpaired) electrons. The molecule has 0 N–H and O–H groups in total. The average Bonchev–Trinajstić information content (AvgIpc) is 1.94. The quantitative estimate of drug-likeness (QED) is 0.498. The number of nitroso groups, excluding NO2 is 1. The van der Waals surface area contributed by atoms with Crippen LogP contribution in [-0.4, -0.2) is 4.17 Å². The van der Waals surface area contributed by atoms with E-state index >= 15 is 0 Å². The summed E-state index contributed by atoms with van der Waals surface area (Å²) in [6, 6.07) is 4.95. The van der Waals surface area contributed by atoms with Crippen molar-refractivity contribution in [3.8, 4) is 0 Å². The van der Waals surface area contributed by atoms with Gasteiger partial charge in [0, 0.05) is 17.0 Å². The molecule has 0 fully saturated rings. The van der Waals surface area contributed by atoms with Crippen LogP contribution in [0.1, 0.15) is 5.56 Å². The number of hydrogen-bond acceptors (Lipinski definition) is 2. The molecule has 0 heterocycles. The first-order valence-corrected chi connectivity index (χ1v) is 3.76. The number of nitrogens with zero attached hydrogens (tertiary/aromatic N) is 1. The molecule has 0 aromatic heterocycles. The van der Waals surface area contributed by atoms with Gasteiger partial charge in [-0.05, 0) is 12.5 Å². The molecule has 0 aliphatic heterocycles. The predicted molar refractivity (Wildman–Crippen MR) is 46.8 cm³/mol. The molecule has 11 heavy (non-hydrogen) atoms. The summed E-state index contributed by atoms with van der Waals surface area (Å²) in [6.45, 7) is 1.87. The normalized spacial score (nSPS) is 9.64. The third kappa shape index (κ3) is 1.88. The van der Waals surface area contributed by atoms with E-state index in [1.807, 2.05) is 6.92 Å². The lowest BCUT2D eigenvalue weighted by Crippen LogP contribution is -1.87. The van der Waals surface area contributed by atoms with E-state index in [1.54, 1.807) is 18.2 Å². The maximum Gasteiger partial charge on any atom is 0.239 e. The second-order valence-corrected chi connectivity index (χ2v) is 2.93. The minimum absolute atomic E-state index is 0.366. The lowest BCUT2D eigenvalue weighted by atomic mass is 10.2. The van der Waals surface area contributed by atoms with E-state index in [4.69, 9.17) is 11.6 Å². The Bertz CT molecular complexity index is 300. The molecule has 0 spiro atoms. The Morgan fingerprint density at radius 2 is 2.18 bits per heavy atom. The van der Waals surface area contributed by atoms with Crippen LogP contribution < -0.4 is 0 Å². The van der Waals surface area contributed by atoms with E-state index in [2.05, 4.69) is 12.8 Å². The van der Waals surface area contributed by atoms with E-state index in [1.165, 1.54) is 0 Å². The summed E-state index contributed by atoms with van der Waals surface area (Å²) in [5.74, 6) is 0. The average molecular weight is 188 g/mol. The van der Waals surface area contributed by atoms with Crippen molar-refractivity contribution >= 4 is 30.1 Å². The zero-order chi connectivity index (χ0) is 8.43. The zero-order valence-electron chi connectivity index (χ0n) is 5.87. The molecule has 0 atom stereocenters. The minimum atomic E-state index is 0.366. The highest BCUT2D eigenvalue weighted by atomic mass is 35.5. The van der Waals surface area contributed by atoms with Crippen LogP contribution in [0.4, 0.5) is 5.69 Å². The maximum atomic E-state index is 10.6. The van der Waals surface area contributed by atoms with Gasteiger partial charge in [0.2, 0.25) is 5.69 Å². The molecule has 0 saturated heterocycles. The van der Waals surface area contributed by atoms with Gasteiger partial charge < -0.3 is 12.8 Å². The van der Waals surface area contributed by atoms with Crippen LogP contribution in [0.2, 0.25) is 5.02 Å². The number of benzene rings is 1. The van der Waals surface area contributed by atoms with Crippen LogP contribution in [-0.2, 0) is 12.8 Å². The first kappa shape index (κ1) is 8.43. The standard InChI is InChI=1S/C7H6ClNOS/c1-5-2-3-6(9(10)11)4-7(5)8/h2-4H,1H3. The molecule has 0 unspecified atom stereocenters. The Balaban J connectivity index is 3.15. The zero-order valence-corrected chi connectivity index (χ0v) is 7.45. The van der Waals surface area contributed by atoms with Gasteiger partial charge in [-0.1, -0.05) is 21.8 Å². The van der Waals surface area contributed by atoms with Crippen molar-refractivity contribution < 1.29 is 4.17 Å². The van der Waals surface area contributed by atoms with Crippen LogP contribution in [0.3, 0.4) is 0 Å². The number of rotatable bonds is 1.